The van der Waals surface area contributed by atoms with E-state index in [1.807, 2.05) is 18.7 Å². The van der Waals surface area contributed by atoms with Gasteiger partial charge in [0.1, 0.15) is 16.4 Å². The van der Waals surface area contributed by atoms with E-state index in [4.69, 9.17) is 0 Å². The van der Waals surface area contributed by atoms with E-state index in [1.54, 1.807) is 30.6 Å². The molecule has 152 valence electrons. The van der Waals surface area contributed by atoms with Crippen molar-refractivity contribution in [3.63, 3.8) is 0 Å². The molecule has 1 fully saturated rings. The summed E-state index contributed by atoms with van der Waals surface area (Å²) in [5, 5.41) is 5.14. The lowest BCUT2D eigenvalue weighted by Gasteiger charge is -2.29. The van der Waals surface area contributed by atoms with Crippen LogP contribution in [-0.4, -0.2) is 32.2 Å². The molecule has 5 nitrogen and oxygen atoms in total. The first kappa shape index (κ1) is 20.4. The third-order valence-electron chi connectivity index (χ3n) is 5.65. The zero-order chi connectivity index (χ0) is 20.5. The molecule has 2 aromatic rings. The molecule has 1 saturated carbocycles. The van der Waals surface area contributed by atoms with Crippen molar-refractivity contribution in [1.29, 1.82) is 0 Å². The largest absolute Gasteiger partial charge is 0.326 e. The first-order chi connectivity index (χ1) is 13.9. The number of fused-ring (bicyclic) bond motifs is 3. The maximum atomic E-state index is 13.0. The molecule has 1 aromatic carbocycles. The Balaban J connectivity index is 1.50. The Morgan fingerprint density at radius 1 is 1.21 bits per heavy atom. The van der Waals surface area contributed by atoms with Gasteiger partial charge in [0, 0.05) is 34.9 Å². The molecule has 4 rings (SSSR count). The van der Waals surface area contributed by atoms with Crippen LogP contribution in [0.4, 0.5) is 5.69 Å². The van der Waals surface area contributed by atoms with Gasteiger partial charge in [0.25, 0.3) is 0 Å². The average Bonchev–Trinajstić information content (AvgIpc) is 3.06. The molecule has 1 aromatic heterocycles. The second-order valence-corrected chi connectivity index (χ2v) is 10.5. The number of hydrogen-bond acceptors (Lipinski definition) is 6. The lowest BCUT2D eigenvalue weighted by molar-refractivity contribution is -0.114. The Morgan fingerprint density at radius 2 is 1.97 bits per heavy atom. The fraction of sp³-hybridized carbons (Fsp3) is 0.455. The van der Waals surface area contributed by atoms with Gasteiger partial charge in [-0.1, -0.05) is 25.1 Å². The van der Waals surface area contributed by atoms with Crippen LogP contribution in [0.3, 0.4) is 0 Å². The fourth-order valence-corrected chi connectivity index (χ4v) is 6.94. The Kier molecular flexibility index (Phi) is 5.97. The number of ketones is 1. The maximum absolute atomic E-state index is 13.0. The van der Waals surface area contributed by atoms with Crippen LogP contribution in [0, 0.1) is 5.92 Å². The molecule has 1 aliphatic carbocycles. The number of nitrogens with zero attached hydrogens (tertiary/aromatic N) is 2. The Labute approximate surface area is 179 Å². The predicted octanol–water partition coefficient (Wildman–Crippen LogP) is 5.18. The lowest BCUT2D eigenvalue weighted by atomic mass is 9.80. The van der Waals surface area contributed by atoms with Crippen molar-refractivity contribution < 1.29 is 9.59 Å². The van der Waals surface area contributed by atoms with Crippen molar-refractivity contribution in [3.05, 3.63) is 41.7 Å². The molecule has 1 N–H and O–H groups in total. The summed E-state index contributed by atoms with van der Waals surface area (Å²) in [6, 6.07) is 7.06. The van der Waals surface area contributed by atoms with Gasteiger partial charge in [-0.25, -0.2) is 9.97 Å². The molecule has 4 unspecified atom stereocenters. The molecule has 1 aliphatic heterocycles. The Morgan fingerprint density at radius 3 is 2.69 bits per heavy atom. The SMILES string of the molecule is CC(=O)Nc1ccc(C(=O)C(C)Sc2ncnc3c2C2CCC(C)CC2S3)cc1. The van der Waals surface area contributed by atoms with Crippen LogP contribution >= 0.6 is 23.5 Å². The number of aromatic nitrogens is 2. The molecule has 0 radical (unpaired) electrons. The number of carbonyl (C=O) groups is 2. The van der Waals surface area contributed by atoms with Crippen LogP contribution in [0.1, 0.15) is 61.9 Å². The number of amides is 1. The zero-order valence-electron chi connectivity index (χ0n) is 16.8. The molecule has 0 saturated heterocycles. The third kappa shape index (κ3) is 4.36. The smallest absolute Gasteiger partial charge is 0.221 e. The topological polar surface area (TPSA) is 72.0 Å². The number of rotatable bonds is 5. The van der Waals surface area contributed by atoms with Gasteiger partial charge in [0.15, 0.2) is 5.78 Å². The van der Waals surface area contributed by atoms with Crippen molar-refractivity contribution in [2.75, 3.05) is 5.32 Å². The van der Waals surface area contributed by atoms with E-state index in [-0.39, 0.29) is 16.9 Å². The van der Waals surface area contributed by atoms with Gasteiger partial charge in [0.2, 0.25) is 5.91 Å². The Bertz CT molecular complexity index is 932. The van der Waals surface area contributed by atoms with Gasteiger partial charge in [-0.3, -0.25) is 9.59 Å². The van der Waals surface area contributed by atoms with E-state index in [1.165, 1.54) is 43.5 Å². The summed E-state index contributed by atoms with van der Waals surface area (Å²) < 4.78 is 0. The van der Waals surface area contributed by atoms with E-state index < -0.39 is 0 Å². The molecule has 0 bridgehead atoms. The van der Waals surface area contributed by atoms with Gasteiger partial charge < -0.3 is 5.32 Å². The monoisotopic (exact) mass is 427 g/mol. The molecule has 4 atom stereocenters. The van der Waals surface area contributed by atoms with Crippen molar-refractivity contribution in [2.45, 2.75) is 66.5 Å². The van der Waals surface area contributed by atoms with E-state index in [0.29, 0.717) is 22.4 Å². The molecular weight excluding hydrogens is 402 g/mol. The minimum Gasteiger partial charge on any atom is -0.326 e. The van der Waals surface area contributed by atoms with Crippen molar-refractivity contribution >= 4 is 40.9 Å². The van der Waals surface area contributed by atoms with Gasteiger partial charge in [-0.2, -0.15) is 0 Å². The molecule has 2 aliphatic rings. The summed E-state index contributed by atoms with van der Waals surface area (Å²) in [5.74, 6) is 1.22. The van der Waals surface area contributed by atoms with Crippen LogP contribution in [0.15, 0.2) is 40.6 Å². The minimum atomic E-state index is -0.243. The summed E-state index contributed by atoms with van der Waals surface area (Å²) in [6.45, 7) is 5.73. The summed E-state index contributed by atoms with van der Waals surface area (Å²) in [4.78, 5) is 33.2. The molecule has 7 heteroatoms. The standard InChI is InChI=1S/C22H25N3O2S2/c1-12-4-9-17-18(10-12)29-22-19(17)21(23-11-24-22)28-13(2)20(27)15-5-7-16(8-6-15)25-14(3)26/h5-8,11-13,17-18H,4,9-10H2,1-3H3,(H,25,26). The zero-order valence-corrected chi connectivity index (χ0v) is 18.5. The molecule has 0 spiro atoms. The van der Waals surface area contributed by atoms with Gasteiger partial charge >= 0.3 is 0 Å². The first-order valence-corrected chi connectivity index (χ1v) is 11.8. The quantitative estimate of drug-likeness (QED) is 0.403. The number of Topliss-reactive ketones (excluding diaryl/α,β-unsaturated/α-hetero) is 1. The second-order valence-electron chi connectivity index (χ2n) is 7.96. The fourth-order valence-electron chi connectivity index (χ4n) is 4.18. The highest BCUT2D eigenvalue weighted by Gasteiger charge is 2.40. The van der Waals surface area contributed by atoms with Crippen LogP contribution in [0.2, 0.25) is 0 Å². The molecule has 1 amide bonds. The van der Waals surface area contributed by atoms with Crippen molar-refractivity contribution in [1.82, 2.24) is 9.97 Å². The van der Waals surface area contributed by atoms with Crippen LogP contribution in [0.5, 0.6) is 0 Å². The van der Waals surface area contributed by atoms with Crippen LogP contribution < -0.4 is 5.32 Å². The highest BCUT2D eigenvalue weighted by atomic mass is 32.2. The van der Waals surface area contributed by atoms with E-state index in [0.717, 1.165) is 16.0 Å². The predicted molar refractivity (Wildman–Crippen MR) is 118 cm³/mol. The molecule has 2 heterocycles. The Hall–Kier alpha value is -1.86. The number of anilines is 1. The minimum absolute atomic E-state index is 0.0659. The number of thioether (sulfide) groups is 2. The van der Waals surface area contributed by atoms with E-state index >= 15 is 0 Å². The lowest BCUT2D eigenvalue weighted by Crippen LogP contribution is -2.21. The molecule has 29 heavy (non-hydrogen) atoms. The summed E-state index contributed by atoms with van der Waals surface area (Å²) in [6.07, 6.45) is 5.29. The molecular formula is C22H25N3O2S2. The number of hydrogen-bond donors (Lipinski definition) is 1. The number of benzene rings is 1. The second kappa shape index (κ2) is 8.48. The summed E-state index contributed by atoms with van der Waals surface area (Å²) >= 11 is 3.43. The van der Waals surface area contributed by atoms with Gasteiger partial charge in [-0.05, 0) is 49.9 Å². The van der Waals surface area contributed by atoms with Crippen LogP contribution in [-0.2, 0) is 4.79 Å². The third-order valence-corrected chi connectivity index (χ3v) is 8.13. The first-order valence-electron chi connectivity index (χ1n) is 10.0. The van der Waals surface area contributed by atoms with Gasteiger partial charge in [0.05, 0.1) is 5.25 Å². The highest BCUT2D eigenvalue weighted by molar-refractivity contribution is 8.01. The van der Waals surface area contributed by atoms with Gasteiger partial charge in [-0.15, -0.1) is 11.8 Å². The highest BCUT2D eigenvalue weighted by Crippen LogP contribution is 2.54. The summed E-state index contributed by atoms with van der Waals surface area (Å²) in [5.41, 5.74) is 2.60. The normalized spacial score (nSPS) is 23.8. The van der Waals surface area contributed by atoms with Crippen LogP contribution in [0.25, 0.3) is 0 Å². The number of nitrogens with one attached hydrogen (secondary N) is 1. The number of carbonyl (C=O) groups excluding carboxylic acids is 2. The van der Waals surface area contributed by atoms with Crippen molar-refractivity contribution in [3.8, 4) is 0 Å². The maximum Gasteiger partial charge on any atom is 0.221 e. The van der Waals surface area contributed by atoms with E-state index in [9.17, 15) is 9.59 Å². The summed E-state index contributed by atoms with van der Waals surface area (Å²) in [7, 11) is 0. The average molecular weight is 428 g/mol. The van der Waals surface area contributed by atoms with Crippen molar-refractivity contribution in [2.24, 2.45) is 5.92 Å². The van der Waals surface area contributed by atoms with E-state index in [2.05, 4.69) is 22.2 Å².